The fourth-order valence-electron chi connectivity index (χ4n) is 8.52. The van der Waals surface area contributed by atoms with Crippen LogP contribution in [0.25, 0.3) is 33.6 Å². The van der Waals surface area contributed by atoms with Crippen molar-refractivity contribution in [3.05, 3.63) is 81.6 Å². The zero-order valence-electron chi connectivity index (χ0n) is 30.0. The normalized spacial score (nSPS) is 21.7. The number of hydrogen-bond donors (Lipinski definition) is 4. The third-order valence-electron chi connectivity index (χ3n) is 11.2. The van der Waals surface area contributed by atoms with E-state index in [1.807, 2.05) is 30.3 Å². The molecule has 2 fully saturated rings. The molecule has 2 saturated heterocycles. The Labute approximate surface area is 313 Å². The molecule has 0 radical (unpaired) electrons. The van der Waals surface area contributed by atoms with Crippen molar-refractivity contribution in [2.75, 3.05) is 27.3 Å². The van der Waals surface area contributed by atoms with Crippen LogP contribution in [-0.4, -0.2) is 61.2 Å². The molecule has 8 rings (SSSR count). The smallest absolute Gasteiger partial charge is 0.220 e. The summed E-state index contributed by atoms with van der Waals surface area (Å²) in [7, 11) is 3.22. The van der Waals surface area contributed by atoms with Gasteiger partial charge in [-0.3, -0.25) is 9.59 Å². The molecule has 0 spiro atoms. The Balaban J connectivity index is 1.05. The average Bonchev–Trinajstić information content (AvgIpc) is 3.98. The van der Waals surface area contributed by atoms with Crippen molar-refractivity contribution < 1.29 is 23.5 Å². The molecule has 12 heteroatoms. The number of carbonyl (C=O) groups excluding carboxylic acids is 2. The monoisotopic (exact) mass is 738 g/mol. The van der Waals surface area contributed by atoms with Gasteiger partial charge in [-0.05, 0) is 80.8 Å². The lowest BCUT2D eigenvalue weighted by Crippen LogP contribution is -2.37. The van der Waals surface area contributed by atoms with Crippen molar-refractivity contribution in [3.63, 3.8) is 0 Å². The van der Waals surface area contributed by atoms with Gasteiger partial charge in [0.2, 0.25) is 23.6 Å². The first-order chi connectivity index (χ1) is 25.8. The molecule has 2 aliphatic heterocycles. The number of benzene rings is 2. The summed E-state index contributed by atoms with van der Waals surface area (Å²) in [5.41, 5.74) is 7.40. The maximum absolute atomic E-state index is 16.7. The summed E-state index contributed by atoms with van der Waals surface area (Å²) >= 11 is 7.13. The zero-order valence-corrected chi connectivity index (χ0v) is 30.7. The zero-order chi connectivity index (χ0) is 36.6. The minimum Gasteiger partial charge on any atom is -0.481 e. The number of amides is 2. The van der Waals surface area contributed by atoms with E-state index in [9.17, 15) is 9.59 Å². The standard InChI is InChI=1S/C41H44ClFN6O4/c1-52-40-36-22(9-13-30(36)44-18-17-24-11-15-34(50)46-24)19-32(48-40)28-7-3-5-26(38(28)42)27-6-4-8-29(39(27)43)33-20-23-10-14-31(37(23)41(49-33)53-2)45-21-25-12-16-35(51)47-25/h3-8,19-20,24-25,30-31,44-45H,9-18,21H2,1-2H3,(H,46,50)(H,47,51)/t24-,25-,30-,31+/m0/s1. The molecule has 2 aromatic heterocycles. The molecule has 4 aliphatic rings. The number of ether oxygens (including phenoxy) is 2. The molecule has 2 amide bonds. The van der Waals surface area contributed by atoms with Gasteiger partial charge in [0.15, 0.2) is 0 Å². The molecule has 0 unspecified atom stereocenters. The molecule has 4 heterocycles. The van der Waals surface area contributed by atoms with E-state index < -0.39 is 5.82 Å². The highest BCUT2D eigenvalue weighted by atomic mass is 35.5. The van der Waals surface area contributed by atoms with Gasteiger partial charge < -0.3 is 30.7 Å². The van der Waals surface area contributed by atoms with Crippen molar-refractivity contribution in [1.29, 1.82) is 0 Å². The predicted molar refractivity (Wildman–Crippen MR) is 201 cm³/mol. The Bertz CT molecular complexity index is 2080. The lowest BCUT2D eigenvalue weighted by Gasteiger charge is -2.20. The molecule has 276 valence electrons. The number of hydrogen-bond acceptors (Lipinski definition) is 8. The molecule has 2 aromatic carbocycles. The Morgan fingerprint density at radius 2 is 1.28 bits per heavy atom. The van der Waals surface area contributed by atoms with Crippen LogP contribution in [0.1, 0.15) is 79.3 Å². The first-order valence-corrected chi connectivity index (χ1v) is 19.0. The van der Waals surface area contributed by atoms with Crippen LogP contribution in [0.4, 0.5) is 4.39 Å². The van der Waals surface area contributed by atoms with E-state index in [-0.39, 0.29) is 36.0 Å². The number of aromatic nitrogens is 2. The quantitative estimate of drug-likeness (QED) is 0.132. The van der Waals surface area contributed by atoms with Crippen LogP contribution in [0.3, 0.4) is 0 Å². The minimum atomic E-state index is -0.420. The summed E-state index contributed by atoms with van der Waals surface area (Å²) < 4.78 is 28.3. The number of carbonyl (C=O) groups is 2. The number of fused-ring (bicyclic) bond motifs is 2. The maximum Gasteiger partial charge on any atom is 0.220 e. The Morgan fingerprint density at radius 3 is 1.89 bits per heavy atom. The van der Waals surface area contributed by atoms with E-state index in [0.29, 0.717) is 69.8 Å². The molecule has 4 N–H and O–H groups in total. The van der Waals surface area contributed by atoms with Crippen molar-refractivity contribution >= 4 is 23.4 Å². The van der Waals surface area contributed by atoms with Gasteiger partial charge in [-0.15, -0.1) is 0 Å². The van der Waals surface area contributed by atoms with Gasteiger partial charge >= 0.3 is 0 Å². The van der Waals surface area contributed by atoms with E-state index in [4.69, 9.17) is 31.0 Å². The van der Waals surface area contributed by atoms with Crippen LogP contribution in [0, 0.1) is 5.82 Å². The average molecular weight is 739 g/mol. The summed E-state index contributed by atoms with van der Waals surface area (Å²) in [5, 5.41) is 13.7. The van der Waals surface area contributed by atoms with Crippen molar-refractivity contribution in [2.24, 2.45) is 0 Å². The molecule has 0 bridgehead atoms. The highest BCUT2D eigenvalue weighted by Crippen LogP contribution is 2.44. The second-order valence-corrected chi connectivity index (χ2v) is 14.8. The molecule has 2 aliphatic carbocycles. The topological polar surface area (TPSA) is 126 Å². The SMILES string of the molecule is COc1nc(-c2cccc(-c3cccc(-c4cc5c(c(OC)n4)[C@H](NC[C@@H]4CCC(=O)N4)CC5)c3F)c2Cl)cc2c1[C@@H](NCC[C@@H]1CCC(=O)N1)CC2. The molecule has 10 nitrogen and oxygen atoms in total. The third-order valence-corrected chi connectivity index (χ3v) is 11.6. The lowest BCUT2D eigenvalue weighted by molar-refractivity contribution is -0.120. The van der Waals surface area contributed by atoms with Crippen LogP contribution in [0.5, 0.6) is 11.8 Å². The molecule has 4 atom stereocenters. The molecule has 0 saturated carbocycles. The minimum absolute atomic E-state index is 0.0394. The molecular formula is C41H44ClFN6O4. The van der Waals surface area contributed by atoms with Gasteiger partial charge in [0.05, 0.1) is 30.6 Å². The number of halogens is 2. The lowest BCUT2D eigenvalue weighted by atomic mass is 9.96. The van der Waals surface area contributed by atoms with Gasteiger partial charge in [-0.1, -0.05) is 41.9 Å². The van der Waals surface area contributed by atoms with Crippen LogP contribution in [0.15, 0.2) is 48.5 Å². The fourth-order valence-corrected chi connectivity index (χ4v) is 8.85. The van der Waals surface area contributed by atoms with Crippen molar-refractivity contribution in [1.82, 2.24) is 31.2 Å². The number of aryl methyl sites for hydroxylation is 2. The molecule has 4 aromatic rings. The number of nitrogens with one attached hydrogen (secondary N) is 4. The summed E-state index contributed by atoms with van der Waals surface area (Å²) in [6.45, 7) is 1.46. The van der Waals surface area contributed by atoms with E-state index in [1.54, 1.807) is 26.4 Å². The molecular weight excluding hydrogens is 695 g/mol. The molecule has 53 heavy (non-hydrogen) atoms. The van der Waals surface area contributed by atoms with Gasteiger partial charge in [0.1, 0.15) is 5.82 Å². The highest BCUT2D eigenvalue weighted by molar-refractivity contribution is 6.36. The second kappa shape index (κ2) is 15.0. The maximum atomic E-state index is 16.7. The van der Waals surface area contributed by atoms with Crippen molar-refractivity contribution in [3.8, 4) is 45.4 Å². The van der Waals surface area contributed by atoms with E-state index >= 15 is 4.39 Å². The van der Waals surface area contributed by atoms with Gasteiger partial charge in [0, 0.05) is 76.9 Å². The number of nitrogens with zero attached hydrogens (tertiary/aromatic N) is 2. The largest absolute Gasteiger partial charge is 0.481 e. The number of rotatable bonds is 12. The Hall–Kier alpha value is -4.58. The van der Waals surface area contributed by atoms with E-state index in [0.717, 1.165) is 73.7 Å². The summed E-state index contributed by atoms with van der Waals surface area (Å²) in [5.74, 6) is 0.832. The van der Waals surface area contributed by atoms with Gasteiger partial charge in [0.25, 0.3) is 0 Å². The number of methoxy groups -OCH3 is 2. The third kappa shape index (κ3) is 6.98. The van der Waals surface area contributed by atoms with Crippen LogP contribution < -0.4 is 30.7 Å². The van der Waals surface area contributed by atoms with Gasteiger partial charge in [-0.2, -0.15) is 0 Å². The van der Waals surface area contributed by atoms with E-state index in [2.05, 4.69) is 27.3 Å². The Morgan fingerprint density at radius 1 is 0.736 bits per heavy atom. The summed E-state index contributed by atoms with van der Waals surface area (Å²) in [4.78, 5) is 33.0. The number of pyridine rings is 2. The van der Waals surface area contributed by atoms with Crippen molar-refractivity contribution in [2.45, 2.75) is 82.0 Å². The summed E-state index contributed by atoms with van der Waals surface area (Å²) in [6.07, 6.45) is 7.19. The fraction of sp³-hybridized carbons (Fsp3) is 0.415. The van der Waals surface area contributed by atoms with E-state index in [1.165, 1.54) is 0 Å². The van der Waals surface area contributed by atoms with Crippen LogP contribution in [0.2, 0.25) is 5.02 Å². The Kier molecular flexibility index (Phi) is 10.1. The van der Waals surface area contributed by atoms with Gasteiger partial charge in [-0.25, -0.2) is 14.4 Å². The van der Waals surface area contributed by atoms with Crippen LogP contribution >= 0.6 is 11.6 Å². The highest BCUT2D eigenvalue weighted by Gasteiger charge is 2.32. The first kappa shape index (κ1) is 35.4. The first-order valence-electron chi connectivity index (χ1n) is 18.6. The predicted octanol–water partition coefficient (Wildman–Crippen LogP) is 6.39. The summed E-state index contributed by atoms with van der Waals surface area (Å²) in [6, 6.07) is 15.4. The second-order valence-electron chi connectivity index (χ2n) is 14.5. The van der Waals surface area contributed by atoms with Crippen LogP contribution in [-0.2, 0) is 22.4 Å².